The number of aryl methyl sites for hydroxylation is 2. The standard InChI is InChI=1S/C26H33ClN2O2/c1-5-21-10-9-11-24-25(20(4)30)18-29(26(21)24)14-8-7-13-28-15-12-23(17-28)31-22(6-2)16-19(3)27/h6,9-11,16,18,23H,2-3,5,7-8,12-15,17H2,1,4H3/b22-16+. The number of aromatic nitrogens is 1. The molecular weight excluding hydrogens is 408 g/mol. The smallest absolute Gasteiger partial charge is 0.161 e. The summed E-state index contributed by atoms with van der Waals surface area (Å²) in [4.78, 5) is 14.6. The Labute approximate surface area is 190 Å². The number of Topliss-reactive ketones (excluding diaryl/α,β-unsaturated/α-hetero) is 1. The quantitative estimate of drug-likeness (QED) is 0.183. The molecule has 2 heterocycles. The Hall–Kier alpha value is -2.30. The Kier molecular flexibility index (Phi) is 8.16. The second kappa shape index (κ2) is 10.8. The lowest BCUT2D eigenvalue weighted by Gasteiger charge is -2.17. The molecule has 166 valence electrons. The summed E-state index contributed by atoms with van der Waals surface area (Å²) >= 11 is 5.84. The summed E-state index contributed by atoms with van der Waals surface area (Å²) in [5, 5.41) is 1.53. The summed E-state index contributed by atoms with van der Waals surface area (Å²) in [7, 11) is 0. The van der Waals surface area contributed by atoms with Gasteiger partial charge in [0.15, 0.2) is 5.78 Å². The summed E-state index contributed by atoms with van der Waals surface area (Å²) in [6, 6.07) is 6.29. The first kappa shape index (κ1) is 23.4. The molecule has 1 atom stereocenters. The van der Waals surface area contributed by atoms with Crippen LogP contribution in [0.1, 0.15) is 49.0 Å². The van der Waals surface area contributed by atoms with Crippen molar-refractivity contribution < 1.29 is 9.53 Å². The molecule has 5 heteroatoms. The van der Waals surface area contributed by atoms with Gasteiger partial charge in [-0.15, -0.1) is 0 Å². The molecule has 1 aromatic heterocycles. The third-order valence-electron chi connectivity index (χ3n) is 5.90. The predicted molar refractivity (Wildman–Crippen MR) is 130 cm³/mol. The highest BCUT2D eigenvalue weighted by Crippen LogP contribution is 2.26. The van der Waals surface area contributed by atoms with E-state index in [4.69, 9.17) is 16.3 Å². The monoisotopic (exact) mass is 440 g/mol. The zero-order chi connectivity index (χ0) is 22.4. The van der Waals surface area contributed by atoms with E-state index in [9.17, 15) is 4.79 Å². The normalized spacial score (nSPS) is 17.3. The van der Waals surface area contributed by atoms with Crippen molar-refractivity contribution in [1.82, 2.24) is 9.47 Å². The fourth-order valence-electron chi connectivity index (χ4n) is 4.38. The maximum Gasteiger partial charge on any atom is 0.161 e. The molecule has 0 radical (unpaired) electrons. The Morgan fingerprint density at radius 3 is 2.77 bits per heavy atom. The molecule has 1 unspecified atom stereocenters. The summed E-state index contributed by atoms with van der Waals surface area (Å²) < 4.78 is 8.27. The molecule has 4 nitrogen and oxygen atoms in total. The van der Waals surface area contributed by atoms with Crippen molar-refractivity contribution >= 4 is 28.3 Å². The number of para-hydroxylation sites is 1. The van der Waals surface area contributed by atoms with Crippen LogP contribution in [0.25, 0.3) is 10.9 Å². The molecule has 0 amide bonds. The molecule has 2 aromatic rings. The van der Waals surface area contributed by atoms with Crippen LogP contribution in [-0.4, -0.2) is 41.0 Å². The summed E-state index contributed by atoms with van der Waals surface area (Å²) in [5.74, 6) is 0.810. The number of nitrogens with zero attached hydrogens (tertiary/aromatic N) is 2. The van der Waals surface area contributed by atoms with E-state index in [1.807, 2.05) is 6.20 Å². The summed E-state index contributed by atoms with van der Waals surface area (Å²) in [6.45, 7) is 15.2. The van der Waals surface area contributed by atoms with Crippen LogP contribution in [0.5, 0.6) is 0 Å². The molecule has 31 heavy (non-hydrogen) atoms. The van der Waals surface area contributed by atoms with Crippen molar-refractivity contribution in [3.63, 3.8) is 0 Å². The number of hydrogen-bond donors (Lipinski definition) is 0. The van der Waals surface area contributed by atoms with Gasteiger partial charge in [0, 0.05) is 41.8 Å². The van der Waals surface area contributed by atoms with Gasteiger partial charge in [0.25, 0.3) is 0 Å². The van der Waals surface area contributed by atoms with Gasteiger partial charge in [-0.1, -0.05) is 49.9 Å². The number of carbonyl (C=O) groups excluding carboxylic acids is 1. The molecule has 0 bridgehead atoms. The van der Waals surface area contributed by atoms with Gasteiger partial charge in [0.2, 0.25) is 0 Å². The molecule has 1 aromatic carbocycles. The molecule has 0 aliphatic carbocycles. The lowest BCUT2D eigenvalue weighted by molar-refractivity contribution is 0.101. The second-order valence-corrected chi connectivity index (χ2v) is 8.68. The number of halogens is 1. The topological polar surface area (TPSA) is 34.5 Å². The Bertz CT molecular complexity index is 989. The highest BCUT2D eigenvalue weighted by Gasteiger charge is 2.23. The van der Waals surface area contributed by atoms with Gasteiger partial charge in [-0.3, -0.25) is 9.69 Å². The van der Waals surface area contributed by atoms with E-state index < -0.39 is 0 Å². The van der Waals surface area contributed by atoms with Crippen LogP contribution in [0.2, 0.25) is 0 Å². The summed E-state index contributed by atoms with van der Waals surface area (Å²) in [5.41, 5.74) is 3.35. The van der Waals surface area contributed by atoms with E-state index in [2.05, 4.69) is 47.7 Å². The SMILES string of the molecule is C=C/C(=C\C(=C)Cl)OC1CCN(CCCCn2cc(C(C)=O)c3cccc(CC)c32)C1. The number of ether oxygens (including phenoxy) is 1. The fraction of sp³-hybridized carbons (Fsp3) is 0.423. The first-order chi connectivity index (χ1) is 14.9. The third kappa shape index (κ3) is 5.90. The molecule has 1 fully saturated rings. The number of allylic oxidation sites excluding steroid dienone is 3. The maximum atomic E-state index is 12.1. The third-order valence-corrected chi connectivity index (χ3v) is 6.01. The fourth-order valence-corrected chi connectivity index (χ4v) is 4.49. The second-order valence-electron chi connectivity index (χ2n) is 8.19. The molecule has 1 aliphatic rings. The highest BCUT2D eigenvalue weighted by atomic mass is 35.5. The van der Waals surface area contributed by atoms with E-state index in [0.29, 0.717) is 10.8 Å². The van der Waals surface area contributed by atoms with Gasteiger partial charge >= 0.3 is 0 Å². The van der Waals surface area contributed by atoms with Gasteiger partial charge < -0.3 is 9.30 Å². The minimum atomic E-state index is 0.130. The number of rotatable bonds is 11. The zero-order valence-electron chi connectivity index (χ0n) is 18.7. The Morgan fingerprint density at radius 1 is 1.32 bits per heavy atom. The first-order valence-corrected chi connectivity index (χ1v) is 11.5. The highest BCUT2D eigenvalue weighted by molar-refractivity contribution is 6.30. The van der Waals surface area contributed by atoms with Crippen molar-refractivity contribution in [2.75, 3.05) is 19.6 Å². The number of likely N-dealkylation sites (tertiary alicyclic amines) is 1. The average molecular weight is 441 g/mol. The largest absolute Gasteiger partial charge is 0.489 e. The van der Waals surface area contributed by atoms with Crippen molar-refractivity contribution in [3.05, 3.63) is 71.6 Å². The zero-order valence-corrected chi connectivity index (χ0v) is 19.5. The van der Waals surface area contributed by atoms with Crippen LogP contribution >= 0.6 is 11.6 Å². The van der Waals surface area contributed by atoms with Crippen LogP contribution in [0.3, 0.4) is 0 Å². The first-order valence-electron chi connectivity index (χ1n) is 11.1. The average Bonchev–Trinajstić information content (AvgIpc) is 3.34. The van der Waals surface area contributed by atoms with Crippen LogP contribution < -0.4 is 0 Å². The lowest BCUT2D eigenvalue weighted by atomic mass is 10.1. The number of hydrogen-bond acceptors (Lipinski definition) is 3. The van der Waals surface area contributed by atoms with Gasteiger partial charge in [0.1, 0.15) is 11.9 Å². The minimum absolute atomic E-state index is 0.130. The lowest BCUT2D eigenvalue weighted by Crippen LogP contribution is -2.24. The Morgan fingerprint density at radius 2 is 2.10 bits per heavy atom. The molecule has 0 N–H and O–H groups in total. The molecular formula is C26H33ClN2O2. The maximum absolute atomic E-state index is 12.1. The van der Waals surface area contributed by atoms with Gasteiger partial charge in [-0.25, -0.2) is 0 Å². The summed E-state index contributed by atoms with van der Waals surface area (Å²) in [6.07, 6.45) is 9.74. The van der Waals surface area contributed by atoms with Crippen LogP contribution in [0.15, 0.2) is 60.5 Å². The number of fused-ring (bicyclic) bond motifs is 1. The molecule has 1 aliphatic heterocycles. The predicted octanol–water partition coefficient (Wildman–Crippen LogP) is 6.10. The molecule has 3 rings (SSSR count). The van der Waals surface area contributed by atoms with Crippen molar-refractivity contribution in [2.45, 2.75) is 52.2 Å². The molecule has 1 saturated heterocycles. The van der Waals surface area contributed by atoms with Crippen molar-refractivity contribution in [3.8, 4) is 0 Å². The van der Waals surface area contributed by atoms with E-state index in [0.717, 1.165) is 62.8 Å². The number of carbonyl (C=O) groups is 1. The molecule has 0 spiro atoms. The van der Waals surface area contributed by atoms with Crippen molar-refractivity contribution in [1.29, 1.82) is 0 Å². The van der Waals surface area contributed by atoms with E-state index in [-0.39, 0.29) is 11.9 Å². The van der Waals surface area contributed by atoms with Gasteiger partial charge in [0.05, 0.1) is 5.52 Å². The number of benzene rings is 1. The van der Waals surface area contributed by atoms with E-state index in [1.165, 1.54) is 11.1 Å². The van der Waals surface area contributed by atoms with Gasteiger partial charge in [-0.05, 0) is 56.9 Å². The van der Waals surface area contributed by atoms with E-state index >= 15 is 0 Å². The van der Waals surface area contributed by atoms with Gasteiger partial charge in [-0.2, -0.15) is 0 Å². The minimum Gasteiger partial charge on any atom is -0.489 e. The molecule has 0 saturated carbocycles. The number of unbranched alkanes of at least 4 members (excludes halogenated alkanes) is 1. The van der Waals surface area contributed by atoms with Crippen LogP contribution in [-0.2, 0) is 17.7 Å². The van der Waals surface area contributed by atoms with Crippen LogP contribution in [0.4, 0.5) is 0 Å². The van der Waals surface area contributed by atoms with Crippen LogP contribution in [0, 0.1) is 0 Å². The van der Waals surface area contributed by atoms with Crippen molar-refractivity contribution in [2.24, 2.45) is 0 Å². The number of ketones is 1. The Balaban J connectivity index is 1.54. The van der Waals surface area contributed by atoms with E-state index in [1.54, 1.807) is 19.1 Å².